The van der Waals surface area contributed by atoms with Gasteiger partial charge < -0.3 is 10.2 Å². The SMILES string of the molecule is CC[C@@H](C)NC(=O)[C@H](CC)N(Cc1ccccc1Cl)C(=O)CN(c1cccc(C)c1C)S(=O)(=O)c1ccc(C)cc1. The molecule has 41 heavy (non-hydrogen) atoms. The molecule has 2 amide bonds. The van der Waals surface area contributed by atoms with Crippen molar-refractivity contribution in [3.8, 4) is 0 Å². The van der Waals surface area contributed by atoms with Gasteiger partial charge in [-0.15, -0.1) is 0 Å². The van der Waals surface area contributed by atoms with E-state index in [0.29, 0.717) is 22.7 Å². The Labute approximate surface area is 249 Å². The number of nitrogens with zero attached hydrogens (tertiary/aromatic N) is 2. The summed E-state index contributed by atoms with van der Waals surface area (Å²) in [5.74, 6) is -0.797. The van der Waals surface area contributed by atoms with Crippen molar-refractivity contribution in [1.82, 2.24) is 10.2 Å². The Morgan fingerprint density at radius 3 is 2.17 bits per heavy atom. The fourth-order valence-corrected chi connectivity index (χ4v) is 6.19. The minimum Gasteiger partial charge on any atom is -0.352 e. The molecule has 0 heterocycles. The molecular formula is C32H40ClN3O4S. The first-order valence-electron chi connectivity index (χ1n) is 13.9. The number of halogens is 1. The Morgan fingerprint density at radius 2 is 1.56 bits per heavy atom. The number of nitrogens with one attached hydrogen (secondary N) is 1. The molecule has 0 radical (unpaired) electrons. The second kappa shape index (κ2) is 14.0. The summed E-state index contributed by atoms with van der Waals surface area (Å²) in [6.45, 7) is 10.9. The van der Waals surface area contributed by atoms with Gasteiger partial charge in [-0.1, -0.05) is 73.5 Å². The summed E-state index contributed by atoms with van der Waals surface area (Å²) >= 11 is 6.47. The van der Waals surface area contributed by atoms with Gasteiger partial charge in [0.25, 0.3) is 10.0 Å². The van der Waals surface area contributed by atoms with Gasteiger partial charge in [0.15, 0.2) is 0 Å². The zero-order valence-electron chi connectivity index (χ0n) is 24.6. The second-order valence-electron chi connectivity index (χ2n) is 10.4. The van der Waals surface area contributed by atoms with Crippen molar-refractivity contribution in [3.05, 3.63) is 94.0 Å². The molecule has 220 valence electrons. The van der Waals surface area contributed by atoms with Crippen molar-refractivity contribution in [2.45, 2.75) is 77.9 Å². The van der Waals surface area contributed by atoms with E-state index in [9.17, 15) is 18.0 Å². The molecule has 3 aromatic rings. The van der Waals surface area contributed by atoms with Crippen LogP contribution >= 0.6 is 11.6 Å². The van der Waals surface area contributed by atoms with Crippen LogP contribution in [0.2, 0.25) is 5.02 Å². The molecule has 2 atom stereocenters. The van der Waals surface area contributed by atoms with Crippen LogP contribution in [0.3, 0.4) is 0 Å². The van der Waals surface area contributed by atoms with Crippen LogP contribution in [0.4, 0.5) is 5.69 Å². The first-order chi connectivity index (χ1) is 19.4. The van der Waals surface area contributed by atoms with Crippen molar-refractivity contribution in [2.24, 2.45) is 0 Å². The van der Waals surface area contributed by atoms with E-state index in [4.69, 9.17) is 11.6 Å². The number of carbonyl (C=O) groups excluding carboxylic acids is 2. The molecule has 9 heteroatoms. The summed E-state index contributed by atoms with van der Waals surface area (Å²) in [6.07, 6.45) is 1.07. The first-order valence-corrected chi connectivity index (χ1v) is 15.7. The zero-order valence-corrected chi connectivity index (χ0v) is 26.2. The Morgan fingerprint density at radius 1 is 0.902 bits per heavy atom. The van der Waals surface area contributed by atoms with Crippen LogP contribution in [0, 0.1) is 20.8 Å². The lowest BCUT2D eigenvalue weighted by Gasteiger charge is -2.34. The molecule has 0 saturated carbocycles. The fourth-order valence-electron chi connectivity index (χ4n) is 4.53. The maximum atomic E-state index is 14.2. The predicted octanol–water partition coefficient (Wildman–Crippen LogP) is 6.18. The van der Waals surface area contributed by atoms with Gasteiger partial charge in [-0.3, -0.25) is 13.9 Å². The summed E-state index contributed by atoms with van der Waals surface area (Å²) in [7, 11) is -4.14. The Balaban J connectivity index is 2.11. The number of amides is 2. The first kappa shape index (κ1) is 32.2. The maximum Gasteiger partial charge on any atom is 0.264 e. The number of hydrogen-bond donors (Lipinski definition) is 1. The van der Waals surface area contributed by atoms with Crippen LogP contribution in [-0.2, 0) is 26.2 Å². The average Bonchev–Trinajstić information content (AvgIpc) is 2.94. The molecule has 0 bridgehead atoms. The van der Waals surface area contributed by atoms with Gasteiger partial charge in [0.05, 0.1) is 10.6 Å². The molecule has 0 saturated heterocycles. The van der Waals surface area contributed by atoms with Crippen molar-refractivity contribution < 1.29 is 18.0 Å². The minimum absolute atomic E-state index is 0.0517. The quantitative estimate of drug-likeness (QED) is 0.270. The zero-order chi connectivity index (χ0) is 30.3. The number of benzene rings is 3. The van der Waals surface area contributed by atoms with Gasteiger partial charge in [0.2, 0.25) is 11.8 Å². The molecule has 1 N–H and O–H groups in total. The Bertz CT molecular complexity index is 1470. The lowest BCUT2D eigenvalue weighted by molar-refractivity contribution is -0.140. The summed E-state index contributed by atoms with van der Waals surface area (Å²) < 4.78 is 29.3. The highest BCUT2D eigenvalue weighted by atomic mass is 35.5. The summed E-state index contributed by atoms with van der Waals surface area (Å²) in [6, 6.07) is 18.1. The van der Waals surface area contributed by atoms with Gasteiger partial charge in [0, 0.05) is 17.6 Å². The van der Waals surface area contributed by atoms with Gasteiger partial charge in [-0.05, 0) is 81.5 Å². The molecule has 0 unspecified atom stereocenters. The van der Waals surface area contributed by atoms with Gasteiger partial charge in [-0.2, -0.15) is 0 Å². The molecule has 0 spiro atoms. The highest BCUT2D eigenvalue weighted by Gasteiger charge is 2.34. The topological polar surface area (TPSA) is 86.8 Å². The van der Waals surface area contributed by atoms with Gasteiger partial charge in [0.1, 0.15) is 12.6 Å². The van der Waals surface area contributed by atoms with Crippen molar-refractivity contribution in [3.63, 3.8) is 0 Å². The monoisotopic (exact) mass is 597 g/mol. The maximum absolute atomic E-state index is 14.2. The van der Waals surface area contributed by atoms with E-state index >= 15 is 0 Å². The van der Waals surface area contributed by atoms with Crippen LogP contribution in [0.1, 0.15) is 55.9 Å². The molecule has 3 rings (SSSR count). The van der Waals surface area contributed by atoms with Crippen molar-refractivity contribution >= 4 is 39.1 Å². The summed E-state index contributed by atoms with van der Waals surface area (Å²) in [4.78, 5) is 29.2. The van der Waals surface area contributed by atoms with Crippen LogP contribution in [0.5, 0.6) is 0 Å². The third-order valence-electron chi connectivity index (χ3n) is 7.42. The summed E-state index contributed by atoms with van der Waals surface area (Å²) in [5.41, 5.74) is 3.63. The van der Waals surface area contributed by atoms with Crippen molar-refractivity contribution in [1.29, 1.82) is 0 Å². The van der Waals surface area contributed by atoms with E-state index in [1.165, 1.54) is 4.90 Å². The lowest BCUT2D eigenvalue weighted by Crippen LogP contribution is -2.53. The Hall–Kier alpha value is -3.36. The number of aryl methyl sites for hydroxylation is 2. The number of carbonyl (C=O) groups is 2. The average molecular weight is 598 g/mol. The molecule has 0 aliphatic carbocycles. The normalized spacial score (nSPS) is 12.9. The van der Waals surface area contributed by atoms with Crippen LogP contribution in [-0.4, -0.2) is 43.8 Å². The van der Waals surface area contributed by atoms with E-state index < -0.39 is 28.5 Å². The lowest BCUT2D eigenvalue weighted by atomic mass is 10.1. The van der Waals surface area contributed by atoms with Crippen LogP contribution < -0.4 is 9.62 Å². The number of hydrogen-bond acceptors (Lipinski definition) is 4. The van der Waals surface area contributed by atoms with Crippen molar-refractivity contribution in [2.75, 3.05) is 10.8 Å². The van der Waals surface area contributed by atoms with Gasteiger partial charge >= 0.3 is 0 Å². The molecule has 0 aromatic heterocycles. The Kier molecular flexibility index (Phi) is 11.0. The largest absolute Gasteiger partial charge is 0.352 e. The van der Waals surface area contributed by atoms with Crippen LogP contribution in [0.15, 0.2) is 71.6 Å². The van der Waals surface area contributed by atoms with E-state index in [1.807, 2.05) is 53.7 Å². The molecule has 7 nitrogen and oxygen atoms in total. The van der Waals surface area contributed by atoms with E-state index in [-0.39, 0.29) is 23.4 Å². The van der Waals surface area contributed by atoms with E-state index in [0.717, 1.165) is 27.4 Å². The third-order valence-corrected chi connectivity index (χ3v) is 9.56. The highest BCUT2D eigenvalue weighted by molar-refractivity contribution is 7.92. The molecule has 0 aliphatic heterocycles. The van der Waals surface area contributed by atoms with Gasteiger partial charge in [-0.25, -0.2) is 8.42 Å². The van der Waals surface area contributed by atoms with E-state index in [2.05, 4.69) is 5.32 Å². The number of sulfonamides is 1. The number of rotatable bonds is 12. The van der Waals surface area contributed by atoms with E-state index in [1.54, 1.807) is 54.6 Å². The van der Waals surface area contributed by atoms with Crippen LogP contribution in [0.25, 0.3) is 0 Å². The fraction of sp³-hybridized carbons (Fsp3) is 0.375. The smallest absolute Gasteiger partial charge is 0.264 e. The molecular weight excluding hydrogens is 558 g/mol. The predicted molar refractivity (Wildman–Crippen MR) is 166 cm³/mol. The third kappa shape index (κ3) is 7.68. The molecule has 0 fully saturated rings. The standard InChI is InChI=1S/C32H40ClN3O4S/c1-7-24(5)34-32(38)29(8-2)35(20-26-13-9-10-14-28(26)33)31(37)21-36(30-15-11-12-23(4)25(30)6)41(39,40)27-18-16-22(3)17-19-27/h9-19,24,29H,7-8,20-21H2,1-6H3,(H,34,38)/t24-,29+/m1/s1. The molecule has 0 aliphatic rings. The molecule has 3 aromatic carbocycles. The minimum atomic E-state index is -4.14. The second-order valence-corrected chi connectivity index (χ2v) is 12.7. The summed E-state index contributed by atoms with van der Waals surface area (Å²) in [5, 5.41) is 3.44. The highest BCUT2D eigenvalue weighted by Crippen LogP contribution is 2.30. The number of anilines is 1.